The van der Waals surface area contributed by atoms with Crippen LogP contribution in [0.5, 0.6) is 0 Å². The molecule has 0 N–H and O–H groups in total. The molecule has 0 unspecified atom stereocenters. The smallest absolute Gasteiger partial charge is 0.227 e. The molecule has 2 aromatic carbocycles. The zero-order chi connectivity index (χ0) is 11.2. The largest absolute Gasteiger partial charge is 0.262 e. The van der Waals surface area contributed by atoms with Gasteiger partial charge in [-0.15, -0.1) is 0 Å². The quantitative estimate of drug-likeness (QED) is 0.726. The van der Waals surface area contributed by atoms with Crippen molar-refractivity contribution < 1.29 is 4.57 Å². The summed E-state index contributed by atoms with van der Waals surface area (Å²) >= 11 is 1.40. The number of rotatable bonds is 4. The Morgan fingerprint density at radius 3 is 1.62 bits per heavy atom. The fraction of sp³-hybridized carbons (Fsp3) is 0.0769. The molecule has 0 aliphatic carbocycles. The summed E-state index contributed by atoms with van der Waals surface area (Å²) in [5, 5.41) is 0.140. The summed E-state index contributed by atoms with van der Waals surface area (Å²) in [5.41, 5.74) is 2.36. The summed E-state index contributed by atoms with van der Waals surface area (Å²) in [7, 11) is 0.111. The van der Waals surface area contributed by atoms with Crippen LogP contribution < -0.4 is 0 Å². The van der Waals surface area contributed by atoms with Crippen molar-refractivity contribution in [3.05, 3.63) is 71.8 Å². The molecule has 80 valence electrons. The van der Waals surface area contributed by atoms with E-state index in [1.54, 1.807) is 0 Å². The number of hydrogen-bond donors (Lipinski definition) is 0. The summed E-state index contributed by atoms with van der Waals surface area (Å²) in [6.07, 6.45) is 0. The molecule has 0 atom stereocenters. The molecule has 0 aliphatic heterocycles. The predicted octanol–water partition coefficient (Wildman–Crippen LogP) is 4.72. The van der Waals surface area contributed by atoms with E-state index in [-0.39, 0.29) is 12.9 Å². The molecule has 0 saturated heterocycles. The van der Waals surface area contributed by atoms with Gasteiger partial charge in [-0.1, -0.05) is 60.7 Å². The fourth-order valence-electron chi connectivity index (χ4n) is 1.61. The minimum atomic E-state index is 0.111. The topological polar surface area (TPSA) is 17.1 Å². The standard InChI is InChI=1S/C13H11OPS/c14-15-16-13(11-7-3-1-4-8-11)12-9-5-2-6-10-12/h1-10,13H. The highest BCUT2D eigenvalue weighted by Crippen LogP contribution is 2.41. The second kappa shape index (κ2) is 5.83. The van der Waals surface area contributed by atoms with Crippen molar-refractivity contribution in [1.29, 1.82) is 0 Å². The molecule has 0 amide bonds. The molecule has 1 nitrogen and oxygen atoms in total. The fourth-order valence-corrected chi connectivity index (χ4v) is 3.25. The van der Waals surface area contributed by atoms with Crippen molar-refractivity contribution >= 4 is 19.0 Å². The number of hydrogen-bond acceptors (Lipinski definition) is 2. The van der Waals surface area contributed by atoms with Gasteiger partial charge in [0.1, 0.15) is 0 Å². The predicted molar refractivity (Wildman–Crippen MR) is 69.9 cm³/mol. The van der Waals surface area contributed by atoms with Crippen LogP contribution in [-0.2, 0) is 4.57 Å². The second-order valence-electron chi connectivity index (χ2n) is 3.38. The SMILES string of the molecule is O=PSC(c1ccccc1)c1ccccc1. The molecule has 2 rings (SSSR count). The van der Waals surface area contributed by atoms with Gasteiger partial charge >= 0.3 is 0 Å². The summed E-state index contributed by atoms with van der Waals surface area (Å²) in [6, 6.07) is 20.3. The third-order valence-corrected chi connectivity index (χ3v) is 4.08. The zero-order valence-electron chi connectivity index (χ0n) is 8.61. The van der Waals surface area contributed by atoms with E-state index in [4.69, 9.17) is 0 Å². The molecule has 2 aromatic rings. The van der Waals surface area contributed by atoms with Crippen molar-refractivity contribution in [1.82, 2.24) is 0 Å². The first-order chi connectivity index (χ1) is 7.92. The van der Waals surface area contributed by atoms with Gasteiger partial charge in [0.15, 0.2) is 0 Å². The van der Waals surface area contributed by atoms with E-state index in [2.05, 4.69) is 24.3 Å². The lowest BCUT2D eigenvalue weighted by atomic mass is 10.0. The van der Waals surface area contributed by atoms with Crippen molar-refractivity contribution in [3.8, 4) is 0 Å². The maximum absolute atomic E-state index is 10.8. The highest BCUT2D eigenvalue weighted by molar-refractivity contribution is 8.46. The Morgan fingerprint density at radius 1 is 0.812 bits per heavy atom. The first kappa shape index (κ1) is 11.4. The maximum Gasteiger partial charge on any atom is 0.227 e. The van der Waals surface area contributed by atoms with Gasteiger partial charge in [0.2, 0.25) is 7.66 Å². The molecular weight excluding hydrogens is 235 g/mol. The van der Waals surface area contributed by atoms with Crippen LogP contribution in [0, 0.1) is 0 Å². The molecule has 0 bridgehead atoms. The van der Waals surface area contributed by atoms with Crippen LogP contribution in [0.25, 0.3) is 0 Å². The Kier molecular flexibility index (Phi) is 4.15. The van der Waals surface area contributed by atoms with E-state index in [1.165, 1.54) is 22.5 Å². The van der Waals surface area contributed by atoms with Gasteiger partial charge in [0, 0.05) is 0 Å². The van der Waals surface area contributed by atoms with E-state index >= 15 is 0 Å². The number of benzene rings is 2. The Hall–Kier alpha value is -1.11. The molecule has 16 heavy (non-hydrogen) atoms. The molecule has 0 spiro atoms. The maximum atomic E-state index is 10.8. The first-order valence-electron chi connectivity index (χ1n) is 5.00. The summed E-state index contributed by atoms with van der Waals surface area (Å²) in [5.74, 6) is 0. The van der Waals surface area contributed by atoms with Gasteiger partial charge in [-0.05, 0) is 22.5 Å². The summed E-state index contributed by atoms with van der Waals surface area (Å²) < 4.78 is 10.8. The van der Waals surface area contributed by atoms with E-state index < -0.39 is 0 Å². The van der Waals surface area contributed by atoms with E-state index in [0.29, 0.717) is 0 Å². The van der Waals surface area contributed by atoms with Crippen molar-refractivity contribution in [2.24, 2.45) is 0 Å². The highest BCUT2D eigenvalue weighted by atomic mass is 32.7. The Bertz CT molecular complexity index is 405. The molecule has 0 fully saturated rings. The minimum Gasteiger partial charge on any atom is -0.262 e. The molecular formula is C13H11OPS. The van der Waals surface area contributed by atoms with Crippen LogP contribution in [0.15, 0.2) is 60.7 Å². The molecule has 0 saturated carbocycles. The molecule has 0 heterocycles. The van der Waals surface area contributed by atoms with Crippen LogP contribution >= 0.6 is 19.0 Å². The van der Waals surface area contributed by atoms with E-state index in [0.717, 1.165) is 0 Å². The normalized spacial score (nSPS) is 10.8. The monoisotopic (exact) mass is 246 g/mol. The van der Waals surface area contributed by atoms with E-state index in [1.807, 2.05) is 36.4 Å². The lowest BCUT2D eigenvalue weighted by molar-refractivity contribution is 0.605. The van der Waals surface area contributed by atoms with Gasteiger partial charge in [0.05, 0.1) is 5.25 Å². The third kappa shape index (κ3) is 2.72. The van der Waals surface area contributed by atoms with Crippen LogP contribution in [0.2, 0.25) is 0 Å². The Morgan fingerprint density at radius 2 is 1.25 bits per heavy atom. The lowest BCUT2D eigenvalue weighted by Gasteiger charge is -2.13. The average molecular weight is 246 g/mol. The van der Waals surface area contributed by atoms with Crippen molar-refractivity contribution in [2.45, 2.75) is 5.25 Å². The van der Waals surface area contributed by atoms with Gasteiger partial charge in [-0.25, -0.2) is 0 Å². The Labute approximate surface area is 101 Å². The van der Waals surface area contributed by atoms with Gasteiger partial charge in [-0.2, -0.15) is 0 Å². The molecule has 0 radical (unpaired) electrons. The summed E-state index contributed by atoms with van der Waals surface area (Å²) in [6.45, 7) is 0. The first-order valence-corrected chi connectivity index (χ1v) is 7.30. The van der Waals surface area contributed by atoms with Crippen LogP contribution in [0.3, 0.4) is 0 Å². The Balaban J connectivity index is 2.35. The van der Waals surface area contributed by atoms with Gasteiger partial charge in [-0.3, -0.25) is 4.57 Å². The second-order valence-corrected chi connectivity index (χ2v) is 5.29. The van der Waals surface area contributed by atoms with Gasteiger partial charge in [0.25, 0.3) is 0 Å². The van der Waals surface area contributed by atoms with Gasteiger partial charge < -0.3 is 0 Å². The summed E-state index contributed by atoms with van der Waals surface area (Å²) in [4.78, 5) is 0. The third-order valence-electron chi connectivity index (χ3n) is 2.35. The van der Waals surface area contributed by atoms with Crippen molar-refractivity contribution in [2.75, 3.05) is 0 Å². The highest BCUT2D eigenvalue weighted by Gasteiger charge is 2.13. The molecule has 0 aromatic heterocycles. The minimum absolute atomic E-state index is 0.111. The zero-order valence-corrected chi connectivity index (χ0v) is 10.3. The lowest BCUT2D eigenvalue weighted by Crippen LogP contribution is -1.93. The van der Waals surface area contributed by atoms with Crippen LogP contribution in [0.4, 0.5) is 0 Å². The molecule has 0 aliphatic rings. The van der Waals surface area contributed by atoms with Crippen LogP contribution in [-0.4, -0.2) is 0 Å². The molecule has 3 heteroatoms. The van der Waals surface area contributed by atoms with Crippen molar-refractivity contribution in [3.63, 3.8) is 0 Å². The van der Waals surface area contributed by atoms with Crippen LogP contribution in [0.1, 0.15) is 16.4 Å². The average Bonchev–Trinajstić information content (AvgIpc) is 2.38. The van der Waals surface area contributed by atoms with E-state index in [9.17, 15) is 4.57 Å².